The summed E-state index contributed by atoms with van der Waals surface area (Å²) < 4.78 is 29.1. The van der Waals surface area contributed by atoms with Crippen molar-refractivity contribution in [1.29, 1.82) is 0 Å². The van der Waals surface area contributed by atoms with Gasteiger partial charge < -0.3 is 4.57 Å². The number of nitrogens with zero attached hydrogens (tertiary/aromatic N) is 1. The minimum absolute atomic E-state index is 0.271. The predicted molar refractivity (Wildman–Crippen MR) is 72.4 cm³/mol. The van der Waals surface area contributed by atoms with Crippen molar-refractivity contribution in [3.63, 3.8) is 0 Å². The molecule has 1 aromatic heterocycles. The first-order valence-electron chi connectivity index (χ1n) is 5.82. The molecule has 4 heteroatoms. The lowest BCUT2D eigenvalue weighted by atomic mass is 10.2. The van der Waals surface area contributed by atoms with Crippen LogP contribution in [0, 0.1) is 11.6 Å². The molecule has 0 radical (unpaired) electrons. The zero-order valence-electron chi connectivity index (χ0n) is 9.91. The number of hydrogen-bond acceptors (Lipinski definition) is 0. The molecule has 0 saturated carbocycles. The number of halogens is 3. The summed E-state index contributed by atoms with van der Waals surface area (Å²) in [4.78, 5) is 0. The van der Waals surface area contributed by atoms with Crippen molar-refractivity contribution < 1.29 is 8.78 Å². The van der Waals surface area contributed by atoms with Crippen molar-refractivity contribution in [3.8, 4) is 0 Å². The first kappa shape index (κ1) is 12.2. The van der Waals surface area contributed by atoms with Gasteiger partial charge in [-0.1, -0.05) is 23.7 Å². The molecular weight excluding hydrogens is 268 g/mol. The molecule has 2 aromatic carbocycles. The van der Waals surface area contributed by atoms with Gasteiger partial charge in [0.15, 0.2) is 0 Å². The third-order valence-corrected chi connectivity index (χ3v) is 3.35. The fourth-order valence-corrected chi connectivity index (χ4v) is 2.32. The average Bonchev–Trinajstić information content (AvgIpc) is 2.78. The highest BCUT2D eigenvalue weighted by atomic mass is 35.5. The van der Waals surface area contributed by atoms with Crippen molar-refractivity contribution in [2.75, 3.05) is 0 Å². The van der Waals surface area contributed by atoms with Gasteiger partial charge in [-0.05, 0) is 30.3 Å². The highest BCUT2D eigenvalue weighted by molar-refractivity contribution is 6.30. The van der Waals surface area contributed by atoms with Gasteiger partial charge in [-0.15, -0.1) is 0 Å². The van der Waals surface area contributed by atoms with Crippen molar-refractivity contribution in [2.45, 2.75) is 6.54 Å². The molecule has 1 nitrogen and oxygen atoms in total. The van der Waals surface area contributed by atoms with E-state index in [1.165, 1.54) is 12.1 Å². The Morgan fingerprint density at radius 1 is 1.00 bits per heavy atom. The molecule has 3 aromatic rings. The second kappa shape index (κ2) is 4.67. The first-order chi connectivity index (χ1) is 9.15. The molecule has 0 aliphatic rings. The van der Waals surface area contributed by atoms with Crippen LogP contribution in [-0.4, -0.2) is 4.57 Å². The van der Waals surface area contributed by atoms with Crippen molar-refractivity contribution in [1.82, 2.24) is 4.57 Å². The van der Waals surface area contributed by atoms with E-state index in [2.05, 4.69) is 0 Å². The Morgan fingerprint density at radius 3 is 2.63 bits per heavy atom. The summed E-state index contributed by atoms with van der Waals surface area (Å²) in [6, 6.07) is 11.1. The molecule has 0 atom stereocenters. The van der Waals surface area contributed by atoms with Gasteiger partial charge in [-0.25, -0.2) is 8.78 Å². The quantitative estimate of drug-likeness (QED) is 0.644. The highest BCUT2D eigenvalue weighted by Gasteiger charge is 2.08. The maximum absolute atomic E-state index is 13.7. The van der Waals surface area contributed by atoms with Gasteiger partial charge in [0.05, 0.1) is 12.1 Å². The normalized spacial score (nSPS) is 11.1. The first-order valence-corrected chi connectivity index (χ1v) is 6.20. The number of hydrogen-bond donors (Lipinski definition) is 0. The van der Waals surface area contributed by atoms with Crippen LogP contribution in [0.4, 0.5) is 8.78 Å². The summed E-state index contributed by atoms with van der Waals surface area (Å²) >= 11 is 5.72. The van der Waals surface area contributed by atoms with Crippen LogP contribution in [0.1, 0.15) is 5.56 Å². The highest BCUT2D eigenvalue weighted by Crippen LogP contribution is 2.21. The lowest BCUT2D eigenvalue weighted by Crippen LogP contribution is -2.00. The lowest BCUT2D eigenvalue weighted by Gasteiger charge is -2.07. The van der Waals surface area contributed by atoms with Crippen LogP contribution in [0.3, 0.4) is 0 Å². The number of benzene rings is 2. The molecule has 0 fully saturated rings. The number of rotatable bonds is 2. The van der Waals surface area contributed by atoms with E-state index in [0.717, 1.165) is 5.52 Å². The predicted octanol–water partition coefficient (Wildman–Crippen LogP) is 4.62. The van der Waals surface area contributed by atoms with Crippen LogP contribution >= 0.6 is 11.6 Å². The maximum atomic E-state index is 13.7. The second-order valence-electron chi connectivity index (χ2n) is 4.35. The van der Waals surface area contributed by atoms with Crippen LogP contribution < -0.4 is 0 Å². The summed E-state index contributed by atoms with van der Waals surface area (Å²) in [5, 5.41) is 0.904. The number of aromatic nitrogens is 1. The third-order valence-electron chi connectivity index (χ3n) is 3.12. The SMILES string of the molecule is Fc1cc(Cl)ccc1Cn1ccc2c(F)cccc21. The number of fused-ring (bicyclic) bond motifs is 1. The Hall–Kier alpha value is -1.87. The topological polar surface area (TPSA) is 4.93 Å². The van der Waals surface area contributed by atoms with Gasteiger partial charge in [0, 0.05) is 22.2 Å². The Morgan fingerprint density at radius 2 is 1.84 bits per heavy atom. The van der Waals surface area contributed by atoms with E-state index in [9.17, 15) is 8.78 Å². The monoisotopic (exact) mass is 277 g/mol. The zero-order valence-corrected chi connectivity index (χ0v) is 10.7. The van der Waals surface area contributed by atoms with E-state index >= 15 is 0 Å². The van der Waals surface area contributed by atoms with Crippen LogP contribution in [0.5, 0.6) is 0 Å². The lowest BCUT2D eigenvalue weighted by molar-refractivity contribution is 0.602. The minimum atomic E-state index is -0.356. The molecule has 0 bridgehead atoms. The van der Waals surface area contributed by atoms with Gasteiger partial charge in [0.1, 0.15) is 11.6 Å². The van der Waals surface area contributed by atoms with Gasteiger partial charge in [0.2, 0.25) is 0 Å². The molecule has 96 valence electrons. The molecule has 0 amide bonds. The zero-order chi connectivity index (χ0) is 13.4. The van der Waals surface area contributed by atoms with Crippen molar-refractivity contribution in [2.24, 2.45) is 0 Å². The fourth-order valence-electron chi connectivity index (χ4n) is 2.16. The summed E-state index contributed by atoms with van der Waals surface area (Å²) in [5.74, 6) is -0.626. The molecule has 0 aliphatic heterocycles. The second-order valence-corrected chi connectivity index (χ2v) is 4.79. The molecule has 3 rings (SSSR count). The Balaban J connectivity index is 2.04. The van der Waals surface area contributed by atoms with E-state index in [1.54, 1.807) is 30.5 Å². The van der Waals surface area contributed by atoms with Gasteiger partial charge in [0.25, 0.3) is 0 Å². The van der Waals surface area contributed by atoms with E-state index in [4.69, 9.17) is 11.6 Å². The third kappa shape index (κ3) is 2.22. The molecule has 0 spiro atoms. The summed E-state index contributed by atoms with van der Waals surface area (Å²) in [7, 11) is 0. The maximum Gasteiger partial charge on any atom is 0.132 e. The Kier molecular flexibility index (Phi) is 2.99. The average molecular weight is 278 g/mol. The minimum Gasteiger partial charge on any atom is -0.343 e. The van der Waals surface area contributed by atoms with Crippen molar-refractivity contribution >= 4 is 22.5 Å². The Bertz CT molecular complexity index is 749. The largest absolute Gasteiger partial charge is 0.343 e. The van der Waals surface area contributed by atoms with Gasteiger partial charge in [-0.3, -0.25) is 0 Å². The van der Waals surface area contributed by atoms with Crippen LogP contribution in [0.25, 0.3) is 10.9 Å². The molecular formula is C15H10ClF2N. The summed E-state index contributed by atoms with van der Waals surface area (Å²) in [6.45, 7) is 0.343. The van der Waals surface area contributed by atoms with Gasteiger partial charge in [-0.2, -0.15) is 0 Å². The molecule has 1 heterocycles. The smallest absolute Gasteiger partial charge is 0.132 e. The van der Waals surface area contributed by atoms with E-state index < -0.39 is 0 Å². The van der Waals surface area contributed by atoms with Crippen molar-refractivity contribution in [3.05, 3.63) is 70.9 Å². The van der Waals surface area contributed by atoms with Crippen LogP contribution in [0.15, 0.2) is 48.7 Å². The molecule has 0 unspecified atom stereocenters. The fraction of sp³-hybridized carbons (Fsp3) is 0.0667. The molecule has 0 aliphatic carbocycles. The van der Waals surface area contributed by atoms with Gasteiger partial charge >= 0.3 is 0 Å². The molecule has 19 heavy (non-hydrogen) atoms. The van der Waals surface area contributed by atoms with E-state index in [1.807, 2.05) is 10.6 Å². The Labute approximate surface area is 114 Å². The standard InChI is InChI=1S/C15H10ClF2N/c16-11-5-4-10(14(18)8-11)9-19-7-6-12-13(17)2-1-3-15(12)19/h1-8H,9H2. The molecule has 0 N–H and O–H groups in total. The molecule has 0 saturated heterocycles. The van der Waals surface area contributed by atoms with E-state index in [-0.39, 0.29) is 11.6 Å². The van der Waals surface area contributed by atoms with Crippen LogP contribution in [0.2, 0.25) is 5.02 Å². The summed E-state index contributed by atoms with van der Waals surface area (Å²) in [6.07, 6.45) is 1.75. The van der Waals surface area contributed by atoms with E-state index in [0.29, 0.717) is 22.5 Å². The van der Waals surface area contributed by atoms with Crippen LogP contribution in [-0.2, 0) is 6.54 Å². The summed E-state index contributed by atoms with van der Waals surface area (Å²) in [5.41, 5.74) is 1.26.